The van der Waals surface area contributed by atoms with Crippen molar-refractivity contribution < 1.29 is 5.11 Å². The third-order valence-corrected chi connectivity index (χ3v) is 3.45. The normalized spacial score (nSPS) is 23.6. The maximum Gasteiger partial charge on any atom is 0.192 e. The number of aliphatic hydroxyl groups is 1. The average molecular weight is 337 g/mol. The van der Waals surface area contributed by atoms with E-state index in [4.69, 9.17) is 0 Å². The van der Waals surface area contributed by atoms with E-state index in [1.165, 1.54) is 0 Å². The van der Waals surface area contributed by atoms with Crippen molar-refractivity contribution >= 4 is 29.9 Å². The van der Waals surface area contributed by atoms with Crippen LogP contribution in [0.4, 0.5) is 0 Å². The van der Waals surface area contributed by atoms with E-state index in [9.17, 15) is 5.11 Å². The number of aliphatic imine (C=N–C) groups is 1. The van der Waals surface area contributed by atoms with Gasteiger partial charge in [-0.15, -0.1) is 24.0 Å². The fourth-order valence-corrected chi connectivity index (χ4v) is 1.85. The molecule has 0 amide bonds. The molecule has 92 valence electrons. The molecule has 16 heavy (non-hydrogen) atoms. The van der Waals surface area contributed by atoms with E-state index in [1.807, 2.05) is 0 Å². The summed E-state index contributed by atoms with van der Waals surface area (Å²) in [6.45, 7) is 7.74. The van der Waals surface area contributed by atoms with Gasteiger partial charge in [0.15, 0.2) is 5.96 Å². The Bertz CT molecular complexity index is 300. The number of halogens is 1. The van der Waals surface area contributed by atoms with E-state index in [0.717, 1.165) is 30.9 Å². The van der Waals surface area contributed by atoms with E-state index in [2.05, 4.69) is 29.1 Å². The van der Waals surface area contributed by atoms with Crippen LogP contribution in [0.1, 0.15) is 19.8 Å². The van der Waals surface area contributed by atoms with Gasteiger partial charge in [0, 0.05) is 18.0 Å². The summed E-state index contributed by atoms with van der Waals surface area (Å²) in [6, 6.07) is 0.278. The van der Waals surface area contributed by atoms with Gasteiger partial charge in [0.25, 0.3) is 0 Å². The number of aliphatic hydroxyl groups excluding tert-OH is 1. The lowest BCUT2D eigenvalue weighted by atomic mass is 9.99. The molecule has 1 heterocycles. The lowest BCUT2D eigenvalue weighted by Gasteiger charge is -2.26. The molecule has 4 nitrogen and oxygen atoms in total. The second kappa shape index (κ2) is 5.35. The van der Waals surface area contributed by atoms with Crippen LogP contribution in [0.15, 0.2) is 17.1 Å². The predicted molar refractivity (Wildman–Crippen MR) is 76.2 cm³/mol. The molecule has 0 radical (unpaired) electrons. The zero-order valence-electron chi connectivity index (χ0n) is 9.62. The molecule has 0 saturated heterocycles. The molecule has 1 fully saturated rings. The van der Waals surface area contributed by atoms with Gasteiger partial charge in [0.05, 0.1) is 13.2 Å². The van der Waals surface area contributed by atoms with Crippen LogP contribution in [0.25, 0.3) is 0 Å². The summed E-state index contributed by atoms with van der Waals surface area (Å²) < 4.78 is 0. The molecule has 0 aromatic carbocycles. The number of hydrogen-bond donors (Lipinski definition) is 3. The summed E-state index contributed by atoms with van der Waals surface area (Å²) in [7, 11) is 0. The Balaban J connectivity index is 0.00000128. The van der Waals surface area contributed by atoms with Gasteiger partial charge in [-0.2, -0.15) is 0 Å². The quantitative estimate of drug-likeness (QED) is 0.529. The Morgan fingerprint density at radius 1 is 1.62 bits per heavy atom. The van der Waals surface area contributed by atoms with Crippen LogP contribution in [0, 0.1) is 5.41 Å². The lowest BCUT2D eigenvalue weighted by molar-refractivity contribution is 0.185. The van der Waals surface area contributed by atoms with Crippen LogP contribution < -0.4 is 10.6 Å². The van der Waals surface area contributed by atoms with Gasteiger partial charge >= 0.3 is 0 Å². The van der Waals surface area contributed by atoms with Gasteiger partial charge in [-0.1, -0.05) is 6.58 Å². The fraction of sp³-hybridized carbons (Fsp3) is 0.727. The van der Waals surface area contributed by atoms with Gasteiger partial charge < -0.3 is 15.7 Å². The third kappa shape index (κ3) is 2.88. The van der Waals surface area contributed by atoms with Gasteiger partial charge in [0.1, 0.15) is 0 Å². The first-order valence-electron chi connectivity index (χ1n) is 5.49. The summed E-state index contributed by atoms with van der Waals surface area (Å²) >= 11 is 0. The Hall–Kier alpha value is -0.300. The van der Waals surface area contributed by atoms with Crippen LogP contribution in [-0.4, -0.2) is 36.8 Å². The number of guanidine groups is 1. The van der Waals surface area contributed by atoms with Gasteiger partial charge in [0.2, 0.25) is 0 Å². The third-order valence-electron chi connectivity index (χ3n) is 3.45. The molecule has 1 aliphatic heterocycles. The van der Waals surface area contributed by atoms with E-state index >= 15 is 0 Å². The van der Waals surface area contributed by atoms with Crippen LogP contribution in [0.3, 0.4) is 0 Å². The molecular formula is C11H20IN3O. The van der Waals surface area contributed by atoms with Gasteiger partial charge in [-0.25, -0.2) is 4.99 Å². The highest BCUT2D eigenvalue weighted by atomic mass is 127. The summed E-state index contributed by atoms with van der Waals surface area (Å²) in [5.74, 6) is 0.842. The Morgan fingerprint density at radius 2 is 2.31 bits per heavy atom. The zero-order valence-corrected chi connectivity index (χ0v) is 12.0. The Kier molecular flexibility index (Phi) is 4.61. The highest BCUT2D eigenvalue weighted by molar-refractivity contribution is 14.0. The molecule has 0 bridgehead atoms. The summed E-state index contributed by atoms with van der Waals surface area (Å²) in [4.78, 5) is 4.34. The van der Waals surface area contributed by atoms with E-state index in [0.29, 0.717) is 6.54 Å². The predicted octanol–water partition coefficient (Wildman–Crippen LogP) is 0.870. The molecule has 1 unspecified atom stereocenters. The van der Waals surface area contributed by atoms with Crippen molar-refractivity contribution in [3.63, 3.8) is 0 Å². The second-order valence-electron chi connectivity index (χ2n) is 4.65. The van der Waals surface area contributed by atoms with E-state index in [-0.39, 0.29) is 42.0 Å². The first-order valence-corrected chi connectivity index (χ1v) is 5.49. The minimum absolute atomic E-state index is 0. The maximum absolute atomic E-state index is 9.28. The van der Waals surface area contributed by atoms with Crippen molar-refractivity contribution in [1.82, 2.24) is 10.6 Å². The van der Waals surface area contributed by atoms with Crippen molar-refractivity contribution in [2.24, 2.45) is 10.4 Å². The first-order chi connectivity index (χ1) is 7.16. The molecule has 3 N–H and O–H groups in total. The molecule has 0 spiro atoms. The lowest BCUT2D eigenvalue weighted by Crippen LogP contribution is -2.49. The van der Waals surface area contributed by atoms with Crippen LogP contribution in [-0.2, 0) is 0 Å². The largest absolute Gasteiger partial charge is 0.396 e. The average Bonchev–Trinajstić information content (AvgIpc) is 3.02. The minimum Gasteiger partial charge on any atom is -0.396 e. The SMILES string of the molecule is C=C1CN=C(NC(C)C2(CO)CC2)NC1.I. The zero-order chi connectivity index (χ0) is 10.9. The Morgan fingerprint density at radius 3 is 2.75 bits per heavy atom. The highest BCUT2D eigenvalue weighted by Crippen LogP contribution is 2.48. The molecule has 2 aliphatic rings. The topological polar surface area (TPSA) is 56.7 Å². The minimum atomic E-state index is 0. The molecule has 2 rings (SSSR count). The monoisotopic (exact) mass is 337 g/mol. The molecule has 1 atom stereocenters. The van der Waals surface area contributed by atoms with Crippen LogP contribution in [0.2, 0.25) is 0 Å². The van der Waals surface area contributed by atoms with Crippen molar-refractivity contribution in [3.05, 3.63) is 12.2 Å². The fourth-order valence-electron chi connectivity index (χ4n) is 1.85. The summed E-state index contributed by atoms with van der Waals surface area (Å²) in [5.41, 5.74) is 1.20. The number of rotatable bonds is 3. The number of hydrogen-bond acceptors (Lipinski definition) is 4. The van der Waals surface area contributed by atoms with E-state index in [1.54, 1.807) is 0 Å². The number of nitrogens with one attached hydrogen (secondary N) is 2. The Labute approximate surface area is 114 Å². The van der Waals surface area contributed by atoms with Crippen molar-refractivity contribution in [3.8, 4) is 0 Å². The highest BCUT2D eigenvalue weighted by Gasteiger charge is 2.47. The summed E-state index contributed by atoms with van der Waals surface area (Å²) in [5, 5.41) is 15.8. The molecule has 1 aliphatic carbocycles. The van der Waals surface area contributed by atoms with Crippen molar-refractivity contribution in [1.29, 1.82) is 0 Å². The smallest absolute Gasteiger partial charge is 0.192 e. The standard InChI is InChI=1S/C11H19N3O.HI/c1-8-5-12-10(13-6-8)14-9(2)11(7-15)3-4-11;/h9,15H,1,3-7H2,2H3,(H2,12,13,14);1H. The van der Waals surface area contributed by atoms with Crippen LogP contribution >= 0.6 is 24.0 Å². The second-order valence-corrected chi connectivity index (χ2v) is 4.65. The van der Waals surface area contributed by atoms with Crippen molar-refractivity contribution in [2.75, 3.05) is 19.7 Å². The van der Waals surface area contributed by atoms with Crippen molar-refractivity contribution in [2.45, 2.75) is 25.8 Å². The molecular weight excluding hydrogens is 317 g/mol. The molecule has 1 saturated carbocycles. The maximum atomic E-state index is 9.28. The van der Waals surface area contributed by atoms with Gasteiger partial charge in [-0.05, 0) is 25.3 Å². The first kappa shape index (κ1) is 13.8. The van der Waals surface area contributed by atoms with Crippen LogP contribution in [0.5, 0.6) is 0 Å². The molecule has 0 aromatic heterocycles. The molecule has 5 heteroatoms. The molecule has 0 aromatic rings. The van der Waals surface area contributed by atoms with Gasteiger partial charge in [-0.3, -0.25) is 0 Å². The number of nitrogens with zero attached hydrogens (tertiary/aromatic N) is 1. The van der Waals surface area contributed by atoms with E-state index < -0.39 is 0 Å². The summed E-state index contributed by atoms with van der Waals surface area (Å²) in [6.07, 6.45) is 2.22.